The standard InChI is InChI=1S/C28H31ClN4O3/c1-18(2)36-26-14-12-23(16-24(26)29)27(34)32-33(28(35)30-5)17-21-11-13-25(19(3)15-21)31-20(4)22-9-7-6-8-10-22/h6-16,18H,17H2,1-5H3,(H,30,35)(H,32,34). The second-order valence-electron chi connectivity index (χ2n) is 8.58. The molecule has 0 unspecified atom stereocenters. The molecule has 36 heavy (non-hydrogen) atoms. The largest absolute Gasteiger partial charge is 0.489 e. The van der Waals surface area contributed by atoms with Crippen molar-refractivity contribution in [1.29, 1.82) is 0 Å². The van der Waals surface area contributed by atoms with Crippen molar-refractivity contribution < 1.29 is 14.3 Å². The maximum absolute atomic E-state index is 12.9. The first-order valence-electron chi connectivity index (χ1n) is 11.6. The summed E-state index contributed by atoms with van der Waals surface area (Å²) in [6.07, 6.45) is -0.0475. The van der Waals surface area contributed by atoms with Crippen LogP contribution in [0.25, 0.3) is 0 Å². The van der Waals surface area contributed by atoms with E-state index in [1.54, 1.807) is 12.1 Å². The molecule has 0 saturated carbocycles. The molecular formula is C28H31ClN4O3. The molecule has 0 saturated heterocycles. The number of aryl methyl sites for hydroxylation is 1. The van der Waals surface area contributed by atoms with Gasteiger partial charge < -0.3 is 10.1 Å². The van der Waals surface area contributed by atoms with Crippen LogP contribution in [0.1, 0.15) is 47.8 Å². The summed E-state index contributed by atoms with van der Waals surface area (Å²) >= 11 is 6.27. The van der Waals surface area contributed by atoms with Gasteiger partial charge in [0.2, 0.25) is 0 Å². The van der Waals surface area contributed by atoms with Crippen LogP contribution in [0.3, 0.4) is 0 Å². The third kappa shape index (κ3) is 7.09. The first-order valence-corrected chi connectivity index (χ1v) is 12.0. The van der Waals surface area contributed by atoms with Crippen molar-refractivity contribution in [2.75, 3.05) is 7.05 Å². The van der Waals surface area contributed by atoms with Gasteiger partial charge in [-0.1, -0.05) is 54.1 Å². The summed E-state index contributed by atoms with van der Waals surface area (Å²) in [7, 11) is 1.51. The van der Waals surface area contributed by atoms with E-state index in [0.29, 0.717) is 16.3 Å². The predicted octanol–water partition coefficient (Wildman–Crippen LogP) is 6.06. The lowest BCUT2D eigenvalue weighted by atomic mass is 10.1. The summed E-state index contributed by atoms with van der Waals surface area (Å²) < 4.78 is 5.62. The summed E-state index contributed by atoms with van der Waals surface area (Å²) in [5, 5.41) is 4.10. The Balaban J connectivity index is 1.76. The van der Waals surface area contributed by atoms with Gasteiger partial charge in [-0.3, -0.25) is 15.2 Å². The fourth-order valence-electron chi connectivity index (χ4n) is 3.52. The van der Waals surface area contributed by atoms with Crippen LogP contribution in [0.2, 0.25) is 5.02 Å². The van der Waals surface area contributed by atoms with Gasteiger partial charge in [0.25, 0.3) is 5.91 Å². The number of carbonyl (C=O) groups excluding carboxylic acids is 2. The second kappa shape index (κ2) is 12.2. The van der Waals surface area contributed by atoms with Crippen LogP contribution in [0, 0.1) is 6.92 Å². The lowest BCUT2D eigenvalue weighted by molar-refractivity contribution is 0.0819. The molecule has 3 amide bonds. The molecule has 188 valence electrons. The smallest absolute Gasteiger partial charge is 0.336 e. The summed E-state index contributed by atoms with van der Waals surface area (Å²) in [5.41, 5.74) is 7.57. The number of aliphatic imine (C=N–C) groups is 1. The molecule has 0 heterocycles. The number of hydrogen-bond donors (Lipinski definition) is 2. The van der Waals surface area contributed by atoms with Crippen LogP contribution in [0.4, 0.5) is 10.5 Å². The molecule has 0 atom stereocenters. The van der Waals surface area contributed by atoms with Crippen molar-refractivity contribution >= 4 is 34.9 Å². The van der Waals surface area contributed by atoms with Gasteiger partial charge in [-0.25, -0.2) is 9.80 Å². The third-order valence-electron chi connectivity index (χ3n) is 5.33. The molecule has 0 aliphatic rings. The van der Waals surface area contributed by atoms with Crippen LogP contribution in [0.15, 0.2) is 71.7 Å². The van der Waals surface area contributed by atoms with Crippen LogP contribution in [-0.4, -0.2) is 35.8 Å². The van der Waals surface area contributed by atoms with Gasteiger partial charge in [0.15, 0.2) is 0 Å². The number of nitrogens with one attached hydrogen (secondary N) is 2. The van der Waals surface area contributed by atoms with Crippen LogP contribution < -0.4 is 15.5 Å². The van der Waals surface area contributed by atoms with E-state index in [-0.39, 0.29) is 12.6 Å². The number of rotatable bonds is 7. The fourth-order valence-corrected chi connectivity index (χ4v) is 3.75. The zero-order valence-electron chi connectivity index (χ0n) is 21.1. The van der Waals surface area contributed by atoms with Gasteiger partial charge in [0, 0.05) is 18.3 Å². The van der Waals surface area contributed by atoms with E-state index >= 15 is 0 Å². The minimum Gasteiger partial charge on any atom is -0.489 e. The van der Waals surface area contributed by atoms with E-state index in [0.717, 1.165) is 28.1 Å². The maximum atomic E-state index is 12.9. The van der Waals surface area contributed by atoms with Gasteiger partial charge in [-0.2, -0.15) is 0 Å². The van der Waals surface area contributed by atoms with E-state index in [2.05, 4.69) is 10.7 Å². The normalized spacial score (nSPS) is 11.2. The van der Waals surface area contributed by atoms with E-state index in [4.69, 9.17) is 21.3 Å². The molecule has 0 radical (unpaired) electrons. The minimum absolute atomic E-state index is 0.0475. The highest BCUT2D eigenvalue weighted by molar-refractivity contribution is 6.32. The van der Waals surface area contributed by atoms with Crippen LogP contribution in [-0.2, 0) is 6.54 Å². The number of halogens is 1. The Kier molecular flexibility index (Phi) is 9.08. The highest BCUT2D eigenvalue weighted by atomic mass is 35.5. The molecule has 0 bridgehead atoms. The van der Waals surface area contributed by atoms with Gasteiger partial charge in [-0.05, 0) is 68.7 Å². The van der Waals surface area contributed by atoms with E-state index in [1.165, 1.54) is 18.1 Å². The average molecular weight is 507 g/mol. The molecule has 7 nitrogen and oxygen atoms in total. The SMILES string of the molecule is CNC(=O)N(Cc1ccc(N=C(C)c2ccccc2)c(C)c1)NC(=O)c1ccc(OC(C)C)c(Cl)c1. The van der Waals surface area contributed by atoms with Crippen LogP contribution >= 0.6 is 11.6 Å². The van der Waals surface area contributed by atoms with Crippen molar-refractivity contribution in [2.45, 2.75) is 40.3 Å². The quantitative estimate of drug-likeness (QED) is 0.301. The van der Waals surface area contributed by atoms with Crippen LogP contribution in [0.5, 0.6) is 5.75 Å². The molecule has 3 aromatic rings. The molecule has 3 rings (SSSR count). The van der Waals surface area contributed by atoms with E-state index in [9.17, 15) is 9.59 Å². The Bertz CT molecular complexity index is 1260. The molecule has 3 aromatic carbocycles. The summed E-state index contributed by atoms with van der Waals surface area (Å²) in [4.78, 5) is 30.1. The third-order valence-corrected chi connectivity index (χ3v) is 5.63. The van der Waals surface area contributed by atoms with Gasteiger partial charge >= 0.3 is 6.03 Å². The number of benzene rings is 3. The Morgan fingerprint density at radius 3 is 2.36 bits per heavy atom. The maximum Gasteiger partial charge on any atom is 0.336 e. The number of hydrazine groups is 1. The van der Waals surface area contributed by atoms with Gasteiger partial charge in [0.1, 0.15) is 5.75 Å². The monoisotopic (exact) mass is 506 g/mol. The lowest BCUT2D eigenvalue weighted by Crippen LogP contribution is -2.49. The number of carbonyl (C=O) groups is 2. The van der Waals surface area contributed by atoms with Crippen molar-refractivity contribution in [2.24, 2.45) is 4.99 Å². The van der Waals surface area contributed by atoms with E-state index < -0.39 is 11.9 Å². The minimum atomic E-state index is -0.465. The number of ether oxygens (including phenoxy) is 1. The Hall–Kier alpha value is -3.84. The second-order valence-corrected chi connectivity index (χ2v) is 8.99. The highest BCUT2D eigenvalue weighted by Crippen LogP contribution is 2.27. The molecule has 0 spiro atoms. The van der Waals surface area contributed by atoms with Gasteiger partial charge in [-0.15, -0.1) is 0 Å². The molecule has 0 fully saturated rings. The molecular weight excluding hydrogens is 476 g/mol. The zero-order chi connectivity index (χ0) is 26.2. The zero-order valence-corrected chi connectivity index (χ0v) is 21.9. The van der Waals surface area contributed by atoms with Crippen molar-refractivity contribution in [3.63, 3.8) is 0 Å². The topological polar surface area (TPSA) is 83.0 Å². The first kappa shape index (κ1) is 26.8. The van der Waals surface area contributed by atoms with E-state index in [1.807, 2.05) is 76.2 Å². The summed E-state index contributed by atoms with van der Waals surface area (Å²) in [6.45, 7) is 7.88. The Morgan fingerprint density at radius 1 is 1.03 bits per heavy atom. The van der Waals surface area contributed by atoms with Crippen molar-refractivity contribution in [3.8, 4) is 5.75 Å². The molecule has 0 aromatic heterocycles. The number of urea groups is 1. The molecule has 8 heteroatoms. The number of hydrogen-bond acceptors (Lipinski definition) is 4. The first-order chi connectivity index (χ1) is 17.2. The van der Waals surface area contributed by atoms with Gasteiger partial charge in [0.05, 0.1) is 23.4 Å². The number of amides is 3. The summed E-state index contributed by atoms with van der Waals surface area (Å²) in [5.74, 6) is 0.0279. The summed E-state index contributed by atoms with van der Waals surface area (Å²) in [6, 6.07) is 20.0. The average Bonchev–Trinajstić information content (AvgIpc) is 2.86. The fraction of sp³-hybridized carbons (Fsp3) is 0.250. The van der Waals surface area contributed by atoms with Crippen molar-refractivity contribution in [1.82, 2.24) is 15.8 Å². The molecule has 2 N–H and O–H groups in total. The molecule has 0 aliphatic carbocycles. The Labute approximate surface area is 217 Å². The molecule has 0 aliphatic heterocycles. The van der Waals surface area contributed by atoms with Crippen molar-refractivity contribution in [3.05, 3.63) is 94.0 Å². The highest BCUT2D eigenvalue weighted by Gasteiger charge is 2.18. The lowest BCUT2D eigenvalue weighted by Gasteiger charge is -2.23. The Morgan fingerprint density at radius 2 is 1.75 bits per heavy atom. The number of nitrogens with zero attached hydrogens (tertiary/aromatic N) is 2. The predicted molar refractivity (Wildman–Crippen MR) is 144 cm³/mol.